The van der Waals surface area contributed by atoms with Gasteiger partial charge in [0.25, 0.3) is 0 Å². The van der Waals surface area contributed by atoms with Gasteiger partial charge in [0.05, 0.1) is 4.47 Å². The van der Waals surface area contributed by atoms with Crippen molar-refractivity contribution in [3.8, 4) is 0 Å². The van der Waals surface area contributed by atoms with Crippen LogP contribution < -0.4 is 4.90 Å². The Morgan fingerprint density at radius 3 is 2.88 bits per heavy atom. The van der Waals surface area contributed by atoms with Crippen LogP contribution in [0.1, 0.15) is 13.3 Å². The quantitative estimate of drug-likeness (QED) is 0.794. The first-order valence-corrected chi connectivity index (χ1v) is 6.59. The fraction of sp³-hybridized carbons (Fsp3) is 0.500. The van der Waals surface area contributed by atoms with E-state index in [4.69, 9.17) is 0 Å². The summed E-state index contributed by atoms with van der Waals surface area (Å²) in [6.07, 6.45) is 2.79. The van der Waals surface area contributed by atoms with Crippen LogP contribution in [0, 0.1) is 0 Å². The molecule has 1 saturated heterocycles. The number of carbonyl (C=O) groups excluding carboxylic acids is 1. The third-order valence-electron chi connectivity index (χ3n) is 2.98. The van der Waals surface area contributed by atoms with E-state index in [-0.39, 0.29) is 5.91 Å². The third-order valence-corrected chi connectivity index (χ3v) is 3.60. The number of carbonyl (C=O) groups is 1. The highest BCUT2D eigenvalue weighted by atomic mass is 79.9. The highest BCUT2D eigenvalue weighted by Gasteiger charge is 2.18. The topological polar surface area (TPSA) is 36.4 Å². The molecule has 0 saturated carbocycles. The van der Waals surface area contributed by atoms with Crippen LogP contribution in [-0.2, 0) is 4.79 Å². The maximum atomic E-state index is 11.3. The lowest BCUT2D eigenvalue weighted by molar-refractivity contribution is -0.128. The van der Waals surface area contributed by atoms with E-state index in [1.807, 2.05) is 17.0 Å². The van der Waals surface area contributed by atoms with Gasteiger partial charge in [0.2, 0.25) is 5.91 Å². The molecule has 0 N–H and O–H groups in total. The van der Waals surface area contributed by atoms with E-state index in [0.717, 1.165) is 42.9 Å². The van der Waals surface area contributed by atoms with E-state index in [0.29, 0.717) is 0 Å². The van der Waals surface area contributed by atoms with Gasteiger partial charge >= 0.3 is 0 Å². The Bertz CT molecular complexity index is 410. The second-order valence-corrected chi connectivity index (χ2v) is 5.01. The number of rotatable bonds is 1. The van der Waals surface area contributed by atoms with Crippen molar-refractivity contribution < 1.29 is 4.79 Å². The summed E-state index contributed by atoms with van der Waals surface area (Å²) in [5, 5.41) is 0. The molecule has 1 aromatic heterocycles. The number of halogens is 1. The second kappa shape index (κ2) is 5.49. The molecule has 92 valence electrons. The number of hydrogen-bond donors (Lipinski definition) is 0. The number of anilines is 1. The molecule has 0 unspecified atom stereocenters. The van der Waals surface area contributed by atoms with Gasteiger partial charge in [0.15, 0.2) is 0 Å². The lowest BCUT2D eigenvalue weighted by Crippen LogP contribution is -2.33. The van der Waals surface area contributed by atoms with Gasteiger partial charge in [-0.3, -0.25) is 4.79 Å². The van der Waals surface area contributed by atoms with Crippen LogP contribution in [0.25, 0.3) is 0 Å². The summed E-state index contributed by atoms with van der Waals surface area (Å²) in [6, 6.07) is 3.91. The van der Waals surface area contributed by atoms with Crippen LogP contribution in [0.15, 0.2) is 22.8 Å². The molecule has 1 fully saturated rings. The highest BCUT2D eigenvalue weighted by Crippen LogP contribution is 2.23. The summed E-state index contributed by atoms with van der Waals surface area (Å²) in [7, 11) is 0. The molecular formula is C12H16BrN3O. The summed E-state index contributed by atoms with van der Waals surface area (Å²) in [5.41, 5.74) is 0. The fourth-order valence-corrected chi connectivity index (χ4v) is 2.56. The van der Waals surface area contributed by atoms with Gasteiger partial charge in [-0.1, -0.05) is 0 Å². The molecular weight excluding hydrogens is 282 g/mol. The standard InChI is InChI=1S/C12H16BrN3O/c1-10(17)15-6-3-7-16(9-8-15)12-11(13)4-2-5-14-12/h2,4-5H,3,6-9H2,1H3. The lowest BCUT2D eigenvalue weighted by atomic mass is 10.3. The zero-order chi connectivity index (χ0) is 12.3. The van der Waals surface area contributed by atoms with Crippen molar-refractivity contribution >= 4 is 27.7 Å². The summed E-state index contributed by atoms with van der Waals surface area (Å²) in [4.78, 5) is 19.9. The summed E-state index contributed by atoms with van der Waals surface area (Å²) >= 11 is 3.52. The third kappa shape index (κ3) is 2.97. The molecule has 2 heterocycles. The van der Waals surface area contributed by atoms with Gasteiger partial charge in [-0.25, -0.2) is 4.98 Å². The fourth-order valence-electron chi connectivity index (χ4n) is 2.05. The largest absolute Gasteiger partial charge is 0.354 e. The monoisotopic (exact) mass is 297 g/mol. The van der Waals surface area contributed by atoms with Crippen molar-refractivity contribution in [1.82, 2.24) is 9.88 Å². The average Bonchev–Trinajstić information content (AvgIpc) is 2.55. The number of amides is 1. The van der Waals surface area contributed by atoms with Crippen molar-refractivity contribution in [2.45, 2.75) is 13.3 Å². The van der Waals surface area contributed by atoms with Crippen LogP contribution in [-0.4, -0.2) is 42.0 Å². The molecule has 0 aliphatic carbocycles. The zero-order valence-electron chi connectivity index (χ0n) is 9.90. The number of pyridine rings is 1. The Morgan fingerprint density at radius 2 is 2.18 bits per heavy atom. The van der Waals surface area contributed by atoms with Gasteiger partial charge in [0.1, 0.15) is 5.82 Å². The van der Waals surface area contributed by atoms with Crippen molar-refractivity contribution in [3.63, 3.8) is 0 Å². The summed E-state index contributed by atoms with van der Waals surface area (Å²) < 4.78 is 1.01. The molecule has 0 bridgehead atoms. The molecule has 0 atom stereocenters. The maximum Gasteiger partial charge on any atom is 0.219 e. The number of hydrogen-bond acceptors (Lipinski definition) is 3. The first kappa shape index (κ1) is 12.4. The first-order valence-electron chi connectivity index (χ1n) is 5.79. The second-order valence-electron chi connectivity index (χ2n) is 4.16. The Morgan fingerprint density at radius 1 is 1.35 bits per heavy atom. The van der Waals surface area contributed by atoms with Crippen LogP contribution in [0.3, 0.4) is 0 Å². The van der Waals surface area contributed by atoms with Gasteiger partial charge in [-0.05, 0) is 34.5 Å². The van der Waals surface area contributed by atoms with E-state index in [1.54, 1.807) is 13.1 Å². The molecule has 1 aromatic rings. The Kier molecular flexibility index (Phi) is 3.99. The van der Waals surface area contributed by atoms with Crippen molar-refractivity contribution in [1.29, 1.82) is 0 Å². The molecule has 17 heavy (non-hydrogen) atoms. The molecule has 4 nitrogen and oxygen atoms in total. The minimum Gasteiger partial charge on any atom is -0.354 e. The van der Waals surface area contributed by atoms with E-state index >= 15 is 0 Å². The normalized spacial score (nSPS) is 16.8. The average molecular weight is 298 g/mol. The van der Waals surface area contributed by atoms with E-state index in [1.165, 1.54) is 0 Å². The minimum absolute atomic E-state index is 0.159. The predicted molar refractivity (Wildman–Crippen MR) is 71.0 cm³/mol. The molecule has 1 aliphatic rings. The van der Waals surface area contributed by atoms with Crippen LogP contribution >= 0.6 is 15.9 Å². The number of nitrogens with zero attached hydrogens (tertiary/aromatic N) is 3. The zero-order valence-corrected chi connectivity index (χ0v) is 11.5. The van der Waals surface area contributed by atoms with E-state index in [9.17, 15) is 4.79 Å². The van der Waals surface area contributed by atoms with Gasteiger partial charge < -0.3 is 9.80 Å². The minimum atomic E-state index is 0.159. The smallest absolute Gasteiger partial charge is 0.219 e. The van der Waals surface area contributed by atoms with Gasteiger partial charge in [-0.2, -0.15) is 0 Å². The first-order chi connectivity index (χ1) is 8.18. The molecule has 1 aliphatic heterocycles. The van der Waals surface area contributed by atoms with Crippen LogP contribution in [0.2, 0.25) is 0 Å². The maximum absolute atomic E-state index is 11.3. The molecule has 1 amide bonds. The molecule has 0 radical (unpaired) electrons. The number of aromatic nitrogens is 1. The Labute approximate surface area is 110 Å². The lowest BCUT2D eigenvalue weighted by Gasteiger charge is -2.23. The molecule has 0 spiro atoms. The van der Waals surface area contributed by atoms with Gasteiger partial charge in [-0.15, -0.1) is 0 Å². The van der Waals surface area contributed by atoms with Gasteiger partial charge in [0, 0.05) is 39.3 Å². The molecule has 5 heteroatoms. The SMILES string of the molecule is CC(=O)N1CCCN(c2ncccc2Br)CC1. The Hall–Kier alpha value is -1.10. The van der Waals surface area contributed by atoms with Crippen LogP contribution in [0.5, 0.6) is 0 Å². The van der Waals surface area contributed by atoms with Crippen molar-refractivity contribution in [2.24, 2.45) is 0 Å². The summed E-state index contributed by atoms with van der Waals surface area (Å²) in [6.45, 7) is 5.04. The Balaban J connectivity index is 2.09. The highest BCUT2D eigenvalue weighted by molar-refractivity contribution is 9.10. The van der Waals surface area contributed by atoms with E-state index in [2.05, 4.69) is 25.8 Å². The predicted octanol–water partition coefficient (Wildman–Crippen LogP) is 1.90. The van der Waals surface area contributed by atoms with Crippen molar-refractivity contribution in [3.05, 3.63) is 22.8 Å². The molecule has 0 aromatic carbocycles. The van der Waals surface area contributed by atoms with Crippen molar-refractivity contribution in [2.75, 3.05) is 31.1 Å². The molecule has 2 rings (SSSR count). The summed E-state index contributed by atoms with van der Waals surface area (Å²) in [5.74, 6) is 1.13. The van der Waals surface area contributed by atoms with E-state index < -0.39 is 0 Å². The van der Waals surface area contributed by atoms with Crippen LogP contribution in [0.4, 0.5) is 5.82 Å².